The molecule has 0 saturated carbocycles. The topological polar surface area (TPSA) is 42.7 Å². The standard InChI is InChI=1S/C14H21ClN4S/c1-5-6-16-11(14-10(3)17-8-20-14)7-12-13(15)9(2)18-19(12)4/h8,11,16H,5-7H2,1-4H3. The van der Waals surface area contributed by atoms with Gasteiger partial charge in [0.05, 0.1) is 27.6 Å². The zero-order chi connectivity index (χ0) is 14.7. The first kappa shape index (κ1) is 15.5. The molecule has 2 rings (SSSR count). The van der Waals surface area contributed by atoms with Gasteiger partial charge in [-0.1, -0.05) is 18.5 Å². The van der Waals surface area contributed by atoms with Gasteiger partial charge in [0, 0.05) is 24.4 Å². The van der Waals surface area contributed by atoms with Crippen LogP contribution in [0, 0.1) is 13.8 Å². The van der Waals surface area contributed by atoms with E-state index in [1.54, 1.807) is 11.3 Å². The Hall–Kier alpha value is -0.910. The average Bonchev–Trinajstić information content (AvgIpc) is 2.93. The van der Waals surface area contributed by atoms with Crippen LogP contribution in [-0.2, 0) is 13.5 Å². The first-order valence-corrected chi connectivity index (χ1v) is 8.11. The first-order valence-electron chi connectivity index (χ1n) is 6.85. The quantitative estimate of drug-likeness (QED) is 0.888. The Morgan fingerprint density at radius 1 is 1.40 bits per heavy atom. The molecule has 0 radical (unpaired) electrons. The summed E-state index contributed by atoms with van der Waals surface area (Å²) in [5, 5.41) is 8.76. The minimum atomic E-state index is 0.245. The Morgan fingerprint density at radius 2 is 2.15 bits per heavy atom. The second-order valence-electron chi connectivity index (χ2n) is 4.98. The number of aryl methyl sites for hydroxylation is 3. The van der Waals surface area contributed by atoms with Crippen LogP contribution in [-0.4, -0.2) is 21.3 Å². The van der Waals surface area contributed by atoms with Crippen molar-refractivity contribution in [3.8, 4) is 0 Å². The highest BCUT2D eigenvalue weighted by atomic mass is 35.5. The SMILES string of the molecule is CCCNC(Cc1c(Cl)c(C)nn1C)c1scnc1C. The molecule has 0 aromatic carbocycles. The van der Waals surface area contributed by atoms with Gasteiger partial charge in [0.25, 0.3) is 0 Å². The Kier molecular flexibility index (Phi) is 5.18. The van der Waals surface area contributed by atoms with E-state index in [0.29, 0.717) is 0 Å². The van der Waals surface area contributed by atoms with Gasteiger partial charge in [0.2, 0.25) is 0 Å². The number of rotatable bonds is 6. The normalized spacial score (nSPS) is 12.8. The van der Waals surface area contributed by atoms with E-state index in [1.807, 2.05) is 24.2 Å². The summed E-state index contributed by atoms with van der Waals surface area (Å²) in [6.07, 6.45) is 1.94. The van der Waals surface area contributed by atoms with Crippen LogP contribution in [0.2, 0.25) is 5.02 Å². The lowest BCUT2D eigenvalue weighted by atomic mass is 10.1. The van der Waals surface area contributed by atoms with Gasteiger partial charge in [0.1, 0.15) is 0 Å². The van der Waals surface area contributed by atoms with Crippen molar-refractivity contribution in [2.75, 3.05) is 6.54 Å². The van der Waals surface area contributed by atoms with Crippen LogP contribution in [0.1, 0.15) is 41.3 Å². The van der Waals surface area contributed by atoms with Gasteiger partial charge in [-0.05, 0) is 26.8 Å². The van der Waals surface area contributed by atoms with Gasteiger partial charge in [-0.15, -0.1) is 11.3 Å². The van der Waals surface area contributed by atoms with Crippen molar-refractivity contribution in [3.05, 3.63) is 32.5 Å². The van der Waals surface area contributed by atoms with Crippen LogP contribution in [0.15, 0.2) is 5.51 Å². The predicted molar refractivity (Wildman–Crippen MR) is 84.5 cm³/mol. The minimum Gasteiger partial charge on any atom is -0.309 e. The van der Waals surface area contributed by atoms with Gasteiger partial charge in [-0.25, -0.2) is 4.98 Å². The predicted octanol–water partition coefficient (Wildman–Crippen LogP) is 3.43. The van der Waals surface area contributed by atoms with Crippen molar-refractivity contribution in [1.29, 1.82) is 0 Å². The zero-order valence-corrected chi connectivity index (χ0v) is 14.0. The minimum absolute atomic E-state index is 0.245. The summed E-state index contributed by atoms with van der Waals surface area (Å²) in [4.78, 5) is 5.65. The molecule has 0 aliphatic heterocycles. The highest BCUT2D eigenvalue weighted by Gasteiger charge is 2.20. The molecule has 2 heterocycles. The largest absolute Gasteiger partial charge is 0.309 e. The number of thiazole rings is 1. The highest BCUT2D eigenvalue weighted by molar-refractivity contribution is 7.09. The number of nitrogens with one attached hydrogen (secondary N) is 1. The molecule has 1 atom stereocenters. The monoisotopic (exact) mass is 312 g/mol. The van der Waals surface area contributed by atoms with E-state index in [2.05, 4.69) is 29.2 Å². The number of nitrogens with zero attached hydrogens (tertiary/aromatic N) is 3. The fraction of sp³-hybridized carbons (Fsp3) is 0.571. The lowest BCUT2D eigenvalue weighted by molar-refractivity contribution is 0.516. The smallest absolute Gasteiger partial charge is 0.0847 e. The molecular formula is C14H21ClN4S. The molecule has 0 aliphatic carbocycles. The molecule has 2 aromatic rings. The third-order valence-corrected chi connectivity index (χ3v) is 4.94. The Morgan fingerprint density at radius 3 is 2.65 bits per heavy atom. The summed E-state index contributed by atoms with van der Waals surface area (Å²) in [6, 6.07) is 0.245. The summed E-state index contributed by atoms with van der Waals surface area (Å²) in [7, 11) is 1.95. The van der Waals surface area contributed by atoms with Crippen LogP contribution in [0.25, 0.3) is 0 Å². The van der Waals surface area contributed by atoms with Crippen LogP contribution < -0.4 is 5.32 Å². The second kappa shape index (κ2) is 6.70. The molecule has 0 spiro atoms. The Labute approximate surface area is 129 Å². The van der Waals surface area contributed by atoms with Crippen LogP contribution >= 0.6 is 22.9 Å². The second-order valence-corrected chi connectivity index (χ2v) is 6.25. The first-order chi connectivity index (χ1) is 9.54. The van der Waals surface area contributed by atoms with E-state index in [0.717, 1.165) is 41.5 Å². The lowest BCUT2D eigenvalue weighted by Gasteiger charge is -2.18. The number of hydrogen-bond donors (Lipinski definition) is 1. The molecule has 0 fully saturated rings. The van der Waals surface area contributed by atoms with Crippen molar-refractivity contribution in [2.24, 2.45) is 7.05 Å². The van der Waals surface area contributed by atoms with E-state index in [1.165, 1.54) is 4.88 Å². The maximum atomic E-state index is 6.37. The van der Waals surface area contributed by atoms with Gasteiger partial charge >= 0.3 is 0 Å². The maximum absolute atomic E-state index is 6.37. The molecule has 6 heteroatoms. The molecule has 0 amide bonds. The molecule has 4 nitrogen and oxygen atoms in total. The van der Waals surface area contributed by atoms with Crippen LogP contribution in [0.4, 0.5) is 0 Å². The molecule has 0 bridgehead atoms. The molecule has 2 aromatic heterocycles. The van der Waals surface area contributed by atoms with E-state index < -0.39 is 0 Å². The molecule has 1 unspecified atom stereocenters. The Bertz CT molecular complexity index is 576. The summed E-state index contributed by atoms with van der Waals surface area (Å²) in [6.45, 7) is 7.15. The molecule has 110 valence electrons. The molecule has 0 saturated heterocycles. The maximum Gasteiger partial charge on any atom is 0.0847 e. The fourth-order valence-corrected chi connectivity index (χ4v) is 3.43. The van der Waals surface area contributed by atoms with Crippen molar-refractivity contribution in [3.63, 3.8) is 0 Å². The van der Waals surface area contributed by atoms with Crippen LogP contribution in [0.5, 0.6) is 0 Å². The van der Waals surface area contributed by atoms with Crippen molar-refractivity contribution in [2.45, 2.75) is 39.7 Å². The number of aromatic nitrogens is 3. The van der Waals surface area contributed by atoms with Crippen LogP contribution in [0.3, 0.4) is 0 Å². The van der Waals surface area contributed by atoms with Crippen molar-refractivity contribution >= 4 is 22.9 Å². The summed E-state index contributed by atoms with van der Waals surface area (Å²) in [5.41, 5.74) is 4.96. The zero-order valence-electron chi connectivity index (χ0n) is 12.4. The molecule has 0 aliphatic rings. The van der Waals surface area contributed by atoms with Gasteiger partial charge in [-0.3, -0.25) is 4.68 Å². The summed E-state index contributed by atoms with van der Waals surface area (Å²) in [5.74, 6) is 0. The Balaban J connectivity index is 2.26. The van der Waals surface area contributed by atoms with E-state index >= 15 is 0 Å². The molecule has 20 heavy (non-hydrogen) atoms. The van der Waals surface area contributed by atoms with Crippen molar-refractivity contribution < 1.29 is 0 Å². The van der Waals surface area contributed by atoms with E-state index in [9.17, 15) is 0 Å². The van der Waals surface area contributed by atoms with Gasteiger partial charge in [0.15, 0.2) is 0 Å². The highest BCUT2D eigenvalue weighted by Crippen LogP contribution is 2.29. The average molecular weight is 313 g/mol. The van der Waals surface area contributed by atoms with E-state index in [4.69, 9.17) is 11.6 Å². The lowest BCUT2D eigenvalue weighted by Crippen LogP contribution is -2.25. The summed E-state index contributed by atoms with van der Waals surface area (Å²) < 4.78 is 1.88. The third kappa shape index (κ3) is 3.22. The molecular weight excluding hydrogens is 292 g/mol. The van der Waals surface area contributed by atoms with E-state index in [-0.39, 0.29) is 6.04 Å². The number of halogens is 1. The molecule has 1 N–H and O–H groups in total. The summed E-state index contributed by atoms with van der Waals surface area (Å²) >= 11 is 8.07. The van der Waals surface area contributed by atoms with Gasteiger partial charge < -0.3 is 5.32 Å². The van der Waals surface area contributed by atoms with Crippen molar-refractivity contribution in [1.82, 2.24) is 20.1 Å². The third-order valence-electron chi connectivity index (χ3n) is 3.40. The fourth-order valence-electron chi connectivity index (χ4n) is 2.32. The number of hydrogen-bond acceptors (Lipinski definition) is 4. The van der Waals surface area contributed by atoms with Gasteiger partial charge in [-0.2, -0.15) is 5.10 Å².